The molecule has 0 aliphatic rings. The number of hydrogen-bond donors (Lipinski definition) is 1. The molecule has 0 saturated carbocycles. The standard InChI is InChI=1S/C18H31NO/c1-5-6-7-8-10-16(4)19-17-11-9-12-18(13-17)20-14-15(2)3/h9,11-13,15-16,19H,5-8,10,14H2,1-4H3. The van der Waals surface area contributed by atoms with Crippen molar-refractivity contribution in [1.82, 2.24) is 0 Å². The van der Waals surface area contributed by atoms with Crippen LogP contribution in [0.3, 0.4) is 0 Å². The van der Waals surface area contributed by atoms with Crippen molar-refractivity contribution in [3.63, 3.8) is 0 Å². The highest BCUT2D eigenvalue weighted by molar-refractivity contribution is 5.48. The van der Waals surface area contributed by atoms with Crippen molar-refractivity contribution >= 4 is 5.69 Å². The van der Waals surface area contributed by atoms with Gasteiger partial charge in [-0.2, -0.15) is 0 Å². The minimum absolute atomic E-state index is 0.521. The van der Waals surface area contributed by atoms with Crippen LogP contribution in [0, 0.1) is 5.92 Å². The van der Waals surface area contributed by atoms with Crippen LogP contribution in [0.4, 0.5) is 5.69 Å². The smallest absolute Gasteiger partial charge is 0.121 e. The number of hydrogen-bond acceptors (Lipinski definition) is 2. The molecule has 1 unspecified atom stereocenters. The van der Waals surface area contributed by atoms with Crippen LogP contribution in [0.1, 0.15) is 59.8 Å². The van der Waals surface area contributed by atoms with Gasteiger partial charge in [-0.05, 0) is 31.4 Å². The van der Waals surface area contributed by atoms with Gasteiger partial charge in [-0.3, -0.25) is 0 Å². The Labute approximate surface area is 124 Å². The molecule has 0 radical (unpaired) electrons. The van der Waals surface area contributed by atoms with Gasteiger partial charge in [0.1, 0.15) is 5.75 Å². The molecule has 1 aromatic rings. The summed E-state index contributed by atoms with van der Waals surface area (Å²) in [5.74, 6) is 1.52. The Morgan fingerprint density at radius 2 is 1.90 bits per heavy atom. The summed E-state index contributed by atoms with van der Waals surface area (Å²) >= 11 is 0. The van der Waals surface area contributed by atoms with Crippen molar-refractivity contribution in [2.24, 2.45) is 5.92 Å². The van der Waals surface area contributed by atoms with Crippen molar-refractivity contribution < 1.29 is 4.74 Å². The first-order chi connectivity index (χ1) is 9.61. The number of benzene rings is 1. The van der Waals surface area contributed by atoms with Crippen molar-refractivity contribution in [1.29, 1.82) is 0 Å². The first kappa shape index (κ1) is 16.9. The molecule has 0 aromatic heterocycles. The Bertz CT molecular complexity index is 362. The zero-order valence-electron chi connectivity index (χ0n) is 13.6. The third-order valence-corrected chi connectivity index (χ3v) is 3.32. The Morgan fingerprint density at radius 3 is 2.60 bits per heavy atom. The highest BCUT2D eigenvalue weighted by Crippen LogP contribution is 2.19. The summed E-state index contributed by atoms with van der Waals surface area (Å²) in [5, 5.41) is 3.57. The number of unbranched alkanes of at least 4 members (excludes halogenated alkanes) is 3. The molecule has 1 rings (SSSR count). The maximum atomic E-state index is 5.76. The van der Waals surface area contributed by atoms with E-state index in [1.165, 1.54) is 32.1 Å². The molecule has 114 valence electrons. The lowest BCUT2D eigenvalue weighted by molar-refractivity contribution is 0.271. The molecule has 0 fully saturated rings. The second-order valence-corrected chi connectivity index (χ2v) is 6.13. The molecule has 2 heteroatoms. The summed E-state index contributed by atoms with van der Waals surface area (Å²) in [6.45, 7) is 9.62. The largest absolute Gasteiger partial charge is 0.493 e. The highest BCUT2D eigenvalue weighted by Gasteiger charge is 2.03. The van der Waals surface area contributed by atoms with E-state index >= 15 is 0 Å². The summed E-state index contributed by atoms with van der Waals surface area (Å²) in [6, 6.07) is 8.82. The van der Waals surface area contributed by atoms with Crippen LogP contribution in [0.15, 0.2) is 24.3 Å². The van der Waals surface area contributed by atoms with Crippen molar-refractivity contribution in [2.45, 2.75) is 65.8 Å². The monoisotopic (exact) mass is 277 g/mol. The number of nitrogens with one attached hydrogen (secondary N) is 1. The average molecular weight is 277 g/mol. The van der Waals surface area contributed by atoms with Crippen LogP contribution in [-0.2, 0) is 0 Å². The van der Waals surface area contributed by atoms with Gasteiger partial charge >= 0.3 is 0 Å². The van der Waals surface area contributed by atoms with Gasteiger partial charge in [0.25, 0.3) is 0 Å². The zero-order chi connectivity index (χ0) is 14.8. The lowest BCUT2D eigenvalue weighted by atomic mass is 10.1. The van der Waals surface area contributed by atoms with E-state index in [0.717, 1.165) is 18.0 Å². The predicted molar refractivity (Wildman–Crippen MR) is 88.6 cm³/mol. The molecule has 0 aliphatic carbocycles. The van der Waals surface area contributed by atoms with E-state index < -0.39 is 0 Å². The minimum atomic E-state index is 0.521. The van der Waals surface area contributed by atoms with Crippen LogP contribution in [0.5, 0.6) is 5.75 Å². The van der Waals surface area contributed by atoms with Gasteiger partial charge in [0.2, 0.25) is 0 Å². The zero-order valence-corrected chi connectivity index (χ0v) is 13.6. The minimum Gasteiger partial charge on any atom is -0.493 e. The van der Waals surface area contributed by atoms with Crippen molar-refractivity contribution in [2.75, 3.05) is 11.9 Å². The Balaban J connectivity index is 2.36. The molecule has 20 heavy (non-hydrogen) atoms. The topological polar surface area (TPSA) is 21.3 Å². The molecule has 0 saturated heterocycles. The van der Waals surface area contributed by atoms with Gasteiger partial charge in [-0.25, -0.2) is 0 Å². The van der Waals surface area contributed by atoms with Crippen LogP contribution in [-0.4, -0.2) is 12.6 Å². The summed E-state index contributed by atoms with van der Waals surface area (Å²) in [4.78, 5) is 0. The quantitative estimate of drug-likeness (QED) is 0.571. The SMILES string of the molecule is CCCCCCC(C)Nc1cccc(OCC(C)C)c1. The molecule has 1 N–H and O–H groups in total. The number of anilines is 1. The van der Waals surface area contributed by atoms with Crippen molar-refractivity contribution in [3.05, 3.63) is 24.3 Å². The lowest BCUT2D eigenvalue weighted by Crippen LogP contribution is -2.15. The van der Waals surface area contributed by atoms with E-state index in [1.807, 2.05) is 6.07 Å². The molecule has 0 bridgehead atoms. The van der Waals surface area contributed by atoms with Crippen LogP contribution >= 0.6 is 0 Å². The van der Waals surface area contributed by atoms with E-state index in [9.17, 15) is 0 Å². The van der Waals surface area contributed by atoms with E-state index in [0.29, 0.717) is 12.0 Å². The Hall–Kier alpha value is -1.18. The fourth-order valence-corrected chi connectivity index (χ4v) is 2.17. The maximum Gasteiger partial charge on any atom is 0.121 e. The van der Waals surface area contributed by atoms with Gasteiger partial charge < -0.3 is 10.1 Å². The van der Waals surface area contributed by atoms with Gasteiger partial charge in [-0.15, -0.1) is 0 Å². The molecule has 0 heterocycles. The molecule has 0 spiro atoms. The van der Waals surface area contributed by atoms with E-state index in [-0.39, 0.29) is 0 Å². The third-order valence-electron chi connectivity index (χ3n) is 3.32. The first-order valence-electron chi connectivity index (χ1n) is 8.11. The second kappa shape index (κ2) is 9.68. The second-order valence-electron chi connectivity index (χ2n) is 6.13. The Morgan fingerprint density at radius 1 is 1.10 bits per heavy atom. The van der Waals surface area contributed by atoms with Gasteiger partial charge in [-0.1, -0.05) is 52.5 Å². The molecule has 0 aliphatic heterocycles. The normalized spacial score (nSPS) is 12.4. The fraction of sp³-hybridized carbons (Fsp3) is 0.667. The maximum absolute atomic E-state index is 5.76. The number of ether oxygens (including phenoxy) is 1. The number of rotatable bonds is 10. The van der Waals surface area contributed by atoms with Crippen molar-refractivity contribution in [3.8, 4) is 5.75 Å². The Kier molecular flexibility index (Phi) is 8.17. The van der Waals surface area contributed by atoms with Gasteiger partial charge in [0, 0.05) is 17.8 Å². The molecule has 0 amide bonds. The molecule has 1 aromatic carbocycles. The van der Waals surface area contributed by atoms with Crippen LogP contribution in [0.2, 0.25) is 0 Å². The van der Waals surface area contributed by atoms with Gasteiger partial charge in [0.05, 0.1) is 6.61 Å². The molecular weight excluding hydrogens is 246 g/mol. The summed E-state index contributed by atoms with van der Waals surface area (Å²) in [5.41, 5.74) is 1.16. The van der Waals surface area contributed by atoms with E-state index in [1.54, 1.807) is 0 Å². The average Bonchev–Trinajstić information content (AvgIpc) is 2.42. The fourth-order valence-electron chi connectivity index (χ4n) is 2.17. The van der Waals surface area contributed by atoms with Crippen LogP contribution in [0.25, 0.3) is 0 Å². The lowest BCUT2D eigenvalue weighted by Gasteiger charge is -2.16. The molecule has 1 atom stereocenters. The predicted octanol–water partition coefficient (Wildman–Crippen LogP) is 5.49. The van der Waals surface area contributed by atoms with E-state index in [2.05, 4.69) is 51.2 Å². The summed E-state index contributed by atoms with van der Waals surface area (Å²) in [7, 11) is 0. The molecule has 2 nitrogen and oxygen atoms in total. The van der Waals surface area contributed by atoms with Gasteiger partial charge in [0.15, 0.2) is 0 Å². The summed E-state index contributed by atoms with van der Waals surface area (Å²) in [6.07, 6.45) is 6.55. The summed E-state index contributed by atoms with van der Waals surface area (Å²) < 4.78 is 5.76. The highest BCUT2D eigenvalue weighted by atomic mass is 16.5. The first-order valence-corrected chi connectivity index (χ1v) is 8.11. The third kappa shape index (κ3) is 7.42. The van der Waals surface area contributed by atoms with E-state index in [4.69, 9.17) is 4.74 Å². The molecular formula is C18H31NO. The van der Waals surface area contributed by atoms with Crippen LogP contribution < -0.4 is 10.1 Å².